The molecule has 0 unspecified atom stereocenters. The molecule has 3 aliphatic rings. The van der Waals surface area contributed by atoms with Crippen LogP contribution in [0, 0.1) is 5.92 Å². The Hall–Kier alpha value is -3.69. The van der Waals surface area contributed by atoms with E-state index in [2.05, 4.69) is 41.5 Å². The average molecular weight is 412 g/mol. The maximum atomic E-state index is 5.10. The zero-order chi connectivity index (χ0) is 20.6. The molecule has 1 aliphatic heterocycles. The van der Waals surface area contributed by atoms with Gasteiger partial charge in [0.1, 0.15) is 29.7 Å². The van der Waals surface area contributed by atoms with E-state index in [0.717, 1.165) is 29.3 Å². The molecule has 10 heteroatoms. The van der Waals surface area contributed by atoms with Crippen molar-refractivity contribution in [2.75, 3.05) is 4.90 Å². The van der Waals surface area contributed by atoms with Crippen molar-refractivity contribution in [2.45, 2.75) is 44.2 Å². The van der Waals surface area contributed by atoms with Crippen molar-refractivity contribution in [2.24, 2.45) is 5.92 Å². The normalized spacial score (nSPS) is 24.0. The molecule has 31 heavy (non-hydrogen) atoms. The van der Waals surface area contributed by atoms with Crippen LogP contribution in [-0.4, -0.2) is 50.3 Å². The highest BCUT2D eigenvalue weighted by Gasteiger charge is 2.64. The maximum absolute atomic E-state index is 5.10. The molecule has 0 N–H and O–H groups in total. The summed E-state index contributed by atoms with van der Waals surface area (Å²) in [6.45, 7) is 2.29. The smallest absolute Gasteiger partial charge is 0.237 e. The van der Waals surface area contributed by atoms with Crippen LogP contribution in [0.2, 0.25) is 0 Å². The van der Waals surface area contributed by atoms with E-state index in [1.165, 1.54) is 25.6 Å². The van der Waals surface area contributed by atoms with Crippen LogP contribution < -0.4 is 4.90 Å². The molecule has 2 fully saturated rings. The summed E-state index contributed by atoms with van der Waals surface area (Å²) in [5, 5.41) is 8.76. The first-order chi connectivity index (χ1) is 15.3. The number of fused-ring (bicyclic) bond motifs is 4. The van der Waals surface area contributed by atoms with Gasteiger partial charge in [-0.3, -0.25) is 9.13 Å². The number of hydrogen-bond donors (Lipinski definition) is 0. The Morgan fingerprint density at radius 1 is 1.06 bits per heavy atom. The SMILES string of the molecule is C[C@H]1C[C@@]12c1nncn1-c1cnc(-n3ccnc3-c3cncnc3)nc1N2C1CCC1. The first-order valence-corrected chi connectivity index (χ1v) is 10.6. The fourth-order valence-electron chi connectivity index (χ4n) is 5.12. The lowest BCUT2D eigenvalue weighted by Crippen LogP contribution is -2.52. The van der Waals surface area contributed by atoms with Gasteiger partial charge in [-0.2, -0.15) is 4.98 Å². The van der Waals surface area contributed by atoms with Crippen LogP contribution in [0.5, 0.6) is 0 Å². The molecule has 0 bridgehead atoms. The lowest BCUT2D eigenvalue weighted by molar-refractivity contribution is 0.327. The number of hydrogen-bond acceptors (Lipinski definition) is 8. The van der Waals surface area contributed by atoms with Crippen LogP contribution >= 0.6 is 0 Å². The third-order valence-corrected chi connectivity index (χ3v) is 6.98. The van der Waals surface area contributed by atoms with E-state index in [0.29, 0.717) is 23.7 Å². The summed E-state index contributed by atoms with van der Waals surface area (Å²) < 4.78 is 3.96. The summed E-state index contributed by atoms with van der Waals surface area (Å²) in [5.41, 5.74) is 1.63. The van der Waals surface area contributed by atoms with Crippen molar-refractivity contribution < 1.29 is 0 Å². The molecule has 0 radical (unpaired) electrons. The molecule has 4 aromatic heterocycles. The molecule has 2 aliphatic carbocycles. The van der Waals surface area contributed by atoms with Crippen LogP contribution in [0.25, 0.3) is 23.0 Å². The number of nitrogens with zero attached hydrogens (tertiary/aromatic N) is 10. The zero-order valence-electron chi connectivity index (χ0n) is 17.0. The predicted molar refractivity (Wildman–Crippen MR) is 111 cm³/mol. The van der Waals surface area contributed by atoms with Crippen molar-refractivity contribution in [3.8, 4) is 23.0 Å². The molecule has 5 heterocycles. The van der Waals surface area contributed by atoms with E-state index in [-0.39, 0.29) is 5.54 Å². The van der Waals surface area contributed by atoms with Crippen molar-refractivity contribution in [1.29, 1.82) is 0 Å². The molecule has 154 valence electrons. The van der Waals surface area contributed by atoms with Crippen LogP contribution in [0.3, 0.4) is 0 Å². The fraction of sp³-hybridized carbons (Fsp3) is 0.381. The molecule has 0 amide bonds. The van der Waals surface area contributed by atoms with Crippen LogP contribution in [-0.2, 0) is 5.54 Å². The monoisotopic (exact) mass is 412 g/mol. The summed E-state index contributed by atoms with van der Waals surface area (Å²) in [4.78, 5) is 25.1. The van der Waals surface area contributed by atoms with Gasteiger partial charge in [-0.25, -0.2) is 19.9 Å². The Morgan fingerprint density at radius 3 is 2.65 bits per heavy atom. The van der Waals surface area contributed by atoms with Gasteiger partial charge in [-0.05, 0) is 31.6 Å². The van der Waals surface area contributed by atoms with E-state index in [1.54, 1.807) is 24.9 Å². The van der Waals surface area contributed by atoms with Gasteiger partial charge in [0.2, 0.25) is 5.95 Å². The largest absolute Gasteiger partial charge is 0.338 e. The number of imidazole rings is 1. The summed E-state index contributed by atoms with van der Waals surface area (Å²) in [6.07, 6.45) is 17.0. The fourth-order valence-corrected chi connectivity index (χ4v) is 5.12. The van der Waals surface area contributed by atoms with Crippen molar-refractivity contribution in [3.05, 3.63) is 49.5 Å². The standard InChI is InChI=1S/C21H20N10/c1-13-7-21(13)19-28-26-12-30(19)16-10-25-20(27-18(16)31(21)15-3-2-4-15)29-6-5-24-17(29)14-8-22-11-23-9-14/h5-6,8-13,15H,2-4,7H2,1H3/t13-,21-/m0/s1. The topological polar surface area (TPSA) is 103 Å². The summed E-state index contributed by atoms with van der Waals surface area (Å²) in [5.74, 6) is 3.77. The summed E-state index contributed by atoms with van der Waals surface area (Å²) in [7, 11) is 0. The molecule has 2 atom stereocenters. The Kier molecular flexibility index (Phi) is 3.26. The van der Waals surface area contributed by atoms with E-state index in [4.69, 9.17) is 9.97 Å². The molecule has 0 aromatic carbocycles. The highest BCUT2D eigenvalue weighted by atomic mass is 15.4. The van der Waals surface area contributed by atoms with E-state index >= 15 is 0 Å². The van der Waals surface area contributed by atoms with Crippen LogP contribution in [0.15, 0.2) is 43.6 Å². The maximum Gasteiger partial charge on any atom is 0.237 e. The zero-order valence-corrected chi connectivity index (χ0v) is 17.0. The Balaban J connectivity index is 1.42. The van der Waals surface area contributed by atoms with Crippen molar-refractivity contribution in [1.82, 2.24) is 44.3 Å². The summed E-state index contributed by atoms with van der Waals surface area (Å²) in [6, 6.07) is 0.474. The molecular weight excluding hydrogens is 392 g/mol. The van der Waals surface area contributed by atoms with Crippen molar-refractivity contribution in [3.63, 3.8) is 0 Å². The third kappa shape index (κ3) is 2.19. The molecule has 0 saturated heterocycles. The lowest BCUT2D eigenvalue weighted by Gasteiger charge is -2.47. The minimum atomic E-state index is -0.120. The third-order valence-electron chi connectivity index (χ3n) is 6.98. The van der Waals surface area contributed by atoms with Gasteiger partial charge in [0, 0.05) is 30.8 Å². The molecule has 1 spiro atoms. The van der Waals surface area contributed by atoms with Crippen LogP contribution in [0.1, 0.15) is 38.4 Å². The Bertz CT molecular complexity index is 1290. The van der Waals surface area contributed by atoms with E-state index < -0.39 is 0 Å². The molecule has 2 saturated carbocycles. The quantitative estimate of drug-likeness (QED) is 0.505. The number of rotatable bonds is 3. The second kappa shape index (κ2) is 5.93. The highest BCUT2D eigenvalue weighted by molar-refractivity contribution is 5.67. The minimum absolute atomic E-state index is 0.120. The predicted octanol–water partition coefficient (Wildman–Crippen LogP) is 2.31. The van der Waals surface area contributed by atoms with Gasteiger partial charge in [-0.15, -0.1) is 10.2 Å². The minimum Gasteiger partial charge on any atom is -0.338 e. The first-order valence-electron chi connectivity index (χ1n) is 10.6. The van der Waals surface area contributed by atoms with Gasteiger partial charge >= 0.3 is 0 Å². The van der Waals surface area contributed by atoms with Gasteiger partial charge in [0.25, 0.3) is 0 Å². The number of anilines is 1. The first kappa shape index (κ1) is 17.0. The van der Waals surface area contributed by atoms with Gasteiger partial charge in [0.05, 0.1) is 11.8 Å². The second-order valence-corrected chi connectivity index (χ2v) is 8.64. The Morgan fingerprint density at radius 2 is 1.90 bits per heavy atom. The summed E-state index contributed by atoms with van der Waals surface area (Å²) >= 11 is 0. The van der Waals surface area contributed by atoms with E-state index in [1.807, 2.05) is 17.0 Å². The van der Waals surface area contributed by atoms with E-state index in [9.17, 15) is 0 Å². The highest BCUT2D eigenvalue weighted by Crippen LogP contribution is 2.61. The second-order valence-electron chi connectivity index (χ2n) is 8.64. The molecule has 4 aromatic rings. The number of aromatic nitrogens is 9. The lowest BCUT2D eigenvalue weighted by atomic mass is 9.88. The van der Waals surface area contributed by atoms with Crippen LogP contribution in [0.4, 0.5) is 5.82 Å². The average Bonchev–Trinajstić information content (AvgIpc) is 3.18. The van der Waals surface area contributed by atoms with Crippen molar-refractivity contribution >= 4 is 5.82 Å². The Labute approximate surface area is 178 Å². The molecule has 10 nitrogen and oxygen atoms in total. The van der Waals surface area contributed by atoms with Gasteiger partial charge in [0.15, 0.2) is 11.6 Å². The van der Waals surface area contributed by atoms with Gasteiger partial charge < -0.3 is 4.90 Å². The van der Waals surface area contributed by atoms with Gasteiger partial charge in [-0.1, -0.05) is 6.92 Å². The molecular formula is C21H20N10. The molecule has 7 rings (SSSR count).